The highest BCUT2D eigenvalue weighted by atomic mass is 19.4. The second-order valence-electron chi connectivity index (χ2n) is 3.05. The molecule has 0 radical (unpaired) electrons. The molecule has 0 aliphatic carbocycles. The zero-order valence-electron chi connectivity index (χ0n) is 6.95. The summed E-state index contributed by atoms with van der Waals surface area (Å²) in [5.41, 5.74) is 0. The first-order valence-electron chi connectivity index (χ1n) is 4.04. The van der Waals surface area contributed by atoms with Crippen molar-refractivity contribution < 1.29 is 18.0 Å². The number of amides is 1. The molecule has 2 N–H and O–H groups in total. The van der Waals surface area contributed by atoms with Gasteiger partial charge in [-0.25, -0.2) is 0 Å². The smallest absolute Gasteiger partial charge is 0.352 e. The van der Waals surface area contributed by atoms with Crippen molar-refractivity contribution in [3.63, 3.8) is 0 Å². The van der Waals surface area contributed by atoms with E-state index < -0.39 is 12.7 Å². The highest BCUT2D eigenvalue weighted by molar-refractivity contribution is 5.78. The molecule has 0 aromatic rings. The molecule has 76 valence electrons. The number of hydrogen-bond acceptors (Lipinski definition) is 2. The summed E-state index contributed by atoms with van der Waals surface area (Å²) < 4.78 is 35.0. The van der Waals surface area contributed by atoms with Crippen molar-refractivity contribution in [2.75, 3.05) is 13.1 Å². The van der Waals surface area contributed by atoms with E-state index in [0.717, 1.165) is 0 Å². The first-order chi connectivity index (χ1) is 5.97. The molecular formula is C7H11F3N2O. The normalized spacial score (nSPS) is 23.3. The number of nitrogens with one attached hydrogen (secondary N) is 2. The Morgan fingerprint density at radius 1 is 1.54 bits per heavy atom. The van der Waals surface area contributed by atoms with Crippen molar-refractivity contribution >= 4 is 5.91 Å². The zero-order valence-corrected chi connectivity index (χ0v) is 6.95. The Bertz CT molecular complexity index is 193. The first kappa shape index (κ1) is 10.3. The fourth-order valence-corrected chi connectivity index (χ4v) is 1.22. The molecule has 0 spiro atoms. The second kappa shape index (κ2) is 3.95. The van der Waals surface area contributed by atoms with Gasteiger partial charge in [-0.1, -0.05) is 0 Å². The maximum Gasteiger partial charge on any atom is 0.401 e. The lowest BCUT2D eigenvalue weighted by Gasteiger charge is -2.12. The van der Waals surface area contributed by atoms with Gasteiger partial charge in [-0.3, -0.25) is 4.79 Å². The SMILES string of the molecule is O=C1CCC(CNCC(F)(F)F)N1. The number of alkyl halides is 3. The first-order valence-corrected chi connectivity index (χ1v) is 4.04. The Morgan fingerprint density at radius 2 is 2.23 bits per heavy atom. The molecular weight excluding hydrogens is 185 g/mol. The number of carbonyl (C=O) groups excluding carboxylic acids is 1. The van der Waals surface area contributed by atoms with Crippen LogP contribution in [-0.4, -0.2) is 31.2 Å². The van der Waals surface area contributed by atoms with Crippen LogP contribution in [0.2, 0.25) is 0 Å². The maximum absolute atomic E-state index is 11.7. The van der Waals surface area contributed by atoms with Crippen molar-refractivity contribution in [2.45, 2.75) is 25.1 Å². The summed E-state index contributed by atoms with van der Waals surface area (Å²) in [5, 5.41) is 4.82. The lowest BCUT2D eigenvalue weighted by molar-refractivity contribution is -0.124. The molecule has 0 bridgehead atoms. The van der Waals surface area contributed by atoms with Gasteiger partial charge in [0, 0.05) is 19.0 Å². The van der Waals surface area contributed by atoms with Gasteiger partial charge in [0.25, 0.3) is 0 Å². The average Bonchev–Trinajstić information content (AvgIpc) is 2.33. The summed E-state index contributed by atoms with van der Waals surface area (Å²) in [7, 11) is 0. The largest absolute Gasteiger partial charge is 0.401 e. The highest BCUT2D eigenvalue weighted by Gasteiger charge is 2.27. The van der Waals surface area contributed by atoms with E-state index in [1.807, 2.05) is 0 Å². The van der Waals surface area contributed by atoms with Crippen molar-refractivity contribution in [1.29, 1.82) is 0 Å². The summed E-state index contributed by atoms with van der Waals surface area (Å²) in [6.07, 6.45) is -3.15. The third-order valence-corrected chi connectivity index (χ3v) is 1.80. The van der Waals surface area contributed by atoms with E-state index in [0.29, 0.717) is 12.8 Å². The number of rotatable bonds is 3. The van der Waals surface area contributed by atoms with Crippen LogP contribution >= 0.6 is 0 Å². The topological polar surface area (TPSA) is 41.1 Å². The van der Waals surface area contributed by atoms with Crippen LogP contribution < -0.4 is 10.6 Å². The molecule has 1 fully saturated rings. The van der Waals surface area contributed by atoms with Crippen molar-refractivity contribution in [3.8, 4) is 0 Å². The number of carbonyl (C=O) groups is 1. The fourth-order valence-electron chi connectivity index (χ4n) is 1.22. The van der Waals surface area contributed by atoms with E-state index in [1.54, 1.807) is 0 Å². The van der Waals surface area contributed by atoms with Gasteiger partial charge >= 0.3 is 6.18 Å². The minimum Gasteiger partial charge on any atom is -0.352 e. The maximum atomic E-state index is 11.7. The molecule has 0 aromatic carbocycles. The Hall–Kier alpha value is -0.780. The third kappa shape index (κ3) is 4.12. The molecule has 1 saturated heterocycles. The zero-order chi connectivity index (χ0) is 9.90. The Labute approximate surface area is 73.7 Å². The molecule has 3 nitrogen and oxygen atoms in total. The van der Waals surface area contributed by atoms with Gasteiger partial charge in [0.1, 0.15) is 0 Å². The van der Waals surface area contributed by atoms with Crippen molar-refractivity contribution in [3.05, 3.63) is 0 Å². The van der Waals surface area contributed by atoms with Crippen molar-refractivity contribution in [1.82, 2.24) is 10.6 Å². The second-order valence-corrected chi connectivity index (χ2v) is 3.05. The third-order valence-electron chi connectivity index (χ3n) is 1.80. The van der Waals surface area contributed by atoms with Crippen LogP contribution in [0.5, 0.6) is 0 Å². The molecule has 1 heterocycles. The monoisotopic (exact) mass is 196 g/mol. The summed E-state index contributed by atoms with van der Waals surface area (Å²) >= 11 is 0. The van der Waals surface area contributed by atoms with Crippen molar-refractivity contribution in [2.24, 2.45) is 0 Å². The predicted octanol–water partition coefficient (Wildman–Crippen LogP) is 0.417. The molecule has 0 aromatic heterocycles. The van der Waals surface area contributed by atoms with Crippen LogP contribution in [0.1, 0.15) is 12.8 Å². The van der Waals surface area contributed by atoms with E-state index in [2.05, 4.69) is 10.6 Å². The highest BCUT2D eigenvalue weighted by Crippen LogP contribution is 2.12. The Morgan fingerprint density at radius 3 is 2.69 bits per heavy atom. The van der Waals surface area contributed by atoms with E-state index in [1.165, 1.54) is 0 Å². The Balaban J connectivity index is 2.10. The molecule has 6 heteroatoms. The molecule has 1 aliphatic heterocycles. The van der Waals surface area contributed by atoms with Crippen LogP contribution in [-0.2, 0) is 4.79 Å². The minimum absolute atomic E-state index is 0.0844. The standard InChI is InChI=1S/C7H11F3N2O/c8-7(9,10)4-11-3-5-1-2-6(13)12-5/h5,11H,1-4H2,(H,12,13). The lowest BCUT2D eigenvalue weighted by Crippen LogP contribution is -2.39. The molecule has 1 atom stereocenters. The average molecular weight is 196 g/mol. The summed E-state index contributed by atoms with van der Waals surface area (Å²) in [6, 6.07) is -0.144. The predicted molar refractivity (Wildman–Crippen MR) is 40.1 cm³/mol. The van der Waals surface area contributed by atoms with Gasteiger partial charge < -0.3 is 10.6 Å². The van der Waals surface area contributed by atoms with Gasteiger partial charge in [0.2, 0.25) is 5.91 Å². The number of hydrogen-bond donors (Lipinski definition) is 2. The lowest BCUT2D eigenvalue weighted by atomic mass is 10.2. The van der Waals surface area contributed by atoms with Crippen LogP contribution in [0.4, 0.5) is 13.2 Å². The van der Waals surface area contributed by atoms with Crippen LogP contribution in [0.15, 0.2) is 0 Å². The molecule has 1 aliphatic rings. The van der Waals surface area contributed by atoms with Gasteiger partial charge in [-0.15, -0.1) is 0 Å². The van der Waals surface area contributed by atoms with E-state index >= 15 is 0 Å². The summed E-state index contributed by atoms with van der Waals surface area (Å²) in [6.45, 7) is -0.815. The number of halogens is 3. The van der Waals surface area contributed by atoms with E-state index in [4.69, 9.17) is 0 Å². The molecule has 1 unspecified atom stereocenters. The van der Waals surface area contributed by atoms with Gasteiger partial charge in [-0.05, 0) is 6.42 Å². The fraction of sp³-hybridized carbons (Fsp3) is 0.857. The summed E-state index contributed by atoms with van der Waals surface area (Å²) in [4.78, 5) is 10.7. The molecule has 1 amide bonds. The minimum atomic E-state index is -4.18. The molecule has 0 saturated carbocycles. The van der Waals surface area contributed by atoms with Gasteiger partial charge in [0.15, 0.2) is 0 Å². The van der Waals surface area contributed by atoms with Crippen LogP contribution in [0, 0.1) is 0 Å². The van der Waals surface area contributed by atoms with Gasteiger partial charge in [-0.2, -0.15) is 13.2 Å². The van der Waals surface area contributed by atoms with E-state index in [-0.39, 0.29) is 18.5 Å². The van der Waals surface area contributed by atoms with Crippen LogP contribution in [0.25, 0.3) is 0 Å². The summed E-state index contributed by atoms with van der Waals surface area (Å²) in [5.74, 6) is -0.0844. The van der Waals surface area contributed by atoms with Gasteiger partial charge in [0.05, 0.1) is 6.54 Å². The van der Waals surface area contributed by atoms with E-state index in [9.17, 15) is 18.0 Å². The Kier molecular flexibility index (Phi) is 3.13. The molecule has 1 rings (SSSR count). The van der Waals surface area contributed by atoms with Crippen LogP contribution in [0.3, 0.4) is 0 Å². The quantitative estimate of drug-likeness (QED) is 0.686. The molecule has 13 heavy (non-hydrogen) atoms.